The van der Waals surface area contributed by atoms with Crippen LogP contribution in [0.15, 0.2) is 21.6 Å². The molecule has 1 aromatic carbocycles. The van der Waals surface area contributed by atoms with Crippen LogP contribution >= 0.6 is 0 Å². The van der Waals surface area contributed by atoms with E-state index in [0.29, 0.717) is 17.1 Å². The third-order valence-corrected chi connectivity index (χ3v) is 4.99. The molecule has 1 aromatic heterocycles. The number of anilines is 1. The Bertz CT molecular complexity index is 736. The van der Waals surface area contributed by atoms with E-state index >= 15 is 0 Å². The van der Waals surface area contributed by atoms with Crippen molar-refractivity contribution >= 4 is 15.7 Å². The highest BCUT2D eigenvalue weighted by Gasteiger charge is 2.18. The van der Waals surface area contributed by atoms with Crippen LogP contribution in [0.1, 0.15) is 28.1 Å². The Balaban J connectivity index is 2.27. The van der Waals surface area contributed by atoms with E-state index < -0.39 is 10.0 Å². The van der Waals surface area contributed by atoms with Gasteiger partial charge in [0.1, 0.15) is 5.76 Å². The predicted octanol–water partition coefficient (Wildman–Crippen LogP) is 1.97. The Morgan fingerprint density at radius 3 is 2.43 bits per heavy atom. The molecule has 0 aliphatic heterocycles. The number of rotatable bonds is 4. The molecule has 0 aliphatic carbocycles. The number of sulfonamides is 1. The van der Waals surface area contributed by atoms with Crippen molar-refractivity contribution in [2.45, 2.75) is 39.1 Å². The number of benzene rings is 1. The summed E-state index contributed by atoms with van der Waals surface area (Å²) in [5, 5.41) is 3.80. The van der Waals surface area contributed by atoms with E-state index in [2.05, 4.69) is 9.88 Å². The first-order valence-corrected chi connectivity index (χ1v) is 7.99. The van der Waals surface area contributed by atoms with Crippen molar-refractivity contribution in [3.05, 3.63) is 40.3 Å². The standard InChI is InChI=1S/C14H19N3O3S/c1-8-5-12(6-14(15)9(8)2)21(18,19)16-7-13-10(3)17-20-11(13)4/h5-6,16H,7,15H2,1-4H3. The summed E-state index contributed by atoms with van der Waals surface area (Å²) < 4.78 is 32.3. The molecular weight excluding hydrogens is 290 g/mol. The van der Waals surface area contributed by atoms with Gasteiger partial charge in [-0.25, -0.2) is 13.1 Å². The molecule has 114 valence electrons. The molecule has 7 heteroatoms. The SMILES string of the molecule is Cc1cc(S(=O)(=O)NCc2c(C)noc2C)cc(N)c1C. The van der Waals surface area contributed by atoms with Crippen LogP contribution in [0.2, 0.25) is 0 Å². The summed E-state index contributed by atoms with van der Waals surface area (Å²) in [4.78, 5) is 0.162. The molecule has 21 heavy (non-hydrogen) atoms. The van der Waals surface area contributed by atoms with Gasteiger partial charge in [-0.3, -0.25) is 0 Å². The highest BCUT2D eigenvalue weighted by atomic mass is 32.2. The zero-order valence-electron chi connectivity index (χ0n) is 12.5. The van der Waals surface area contributed by atoms with Crippen molar-refractivity contribution in [1.82, 2.24) is 9.88 Å². The van der Waals surface area contributed by atoms with Crippen LogP contribution in [0.25, 0.3) is 0 Å². The van der Waals surface area contributed by atoms with Gasteiger partial charge in [0.25, 0.3) is 0 Å². The van der Waals surface area contributed by atoms with E-state index in [1.807, 2.05) is 13.8 Å². The third-order valence-electron chi connectivity index (χ3n) is 3.61. The van der Waals surface area contributed by atoms with Gasteiger partial charge in [-0.1, -0.05) is 5.16 Å². The van der Waals surface area contributed by atoms with Gasteiger partial charge in [0, 0.05) is 17.8 Å². The molecule has 0 bridgehead atoms. The minimum atomic E-state index is -3.63. The molecule has 1 heterocycles. The Morgan fingerprint density at radius 1 is 1.24 bits per heavy atom. The van der Waals surface area contributed by atoms with E-state index in [-0.39, 0.29) is 11.4 Å². The summed E-state index contributed by atoms with van der Waals surface area (Å²) in [7, 11) is -3.63. The molecule has 2 aromatic rings. The van der Waals surface area contributed by atoms with Gasteiger partial charge < -0.3 is 10.3 Å². The topological polar surface area (TPSA) is 98.2 Å². The fourth-order valence-electron chi connectivity index (χ4n) is 2.01. The molecular formula is C14H19N3O3S. The maximum absolute atomic E-state index is 12.3. The molecule has 0 unspecified atom stereocenters. The maximum Gasteiger partial charge on any atom is 0.240 e. The first-order chi connectivity index (χ1) is 9.72. The average Bonchev–Trinajstić information content (AvgIpc) is 2.72. The van der Waals surface area contributed by atoms with Crippen molar-refractivity contribution in [2.24, 2.45) is 0 Å². The number of hydrogen-bond acceptors (Lipinski definition) is 5. The van der Waals surface area contributed by atoms with E-state index in [1.165, 1.54) is 6.07 Å². The summed E-state index contributed by atoms with van der Waals surface area (Å²) in [5.41, 5.74) is 9.46. The Morgan fingerprint density at radius 2 is 1.90 bits per heavy atom. The fraction of sp³-hybridized carbons (Fsp3) is 0.357. The second-order valence-electron chi connectivity index (χ2n) is 5.08. The van der Waals surface area contributed by atoms with Crippen LogP contribution in [0.4, 0.5) is 5.69 Å². The van der Waals surface area contributed by atoms with Crippen LogP contribution in [0, 0.1) is 27.7 Å². The Kier molecular flexibility index (Phi) is 4.06. The number of nitrogens with zero attached hydrogens (tertiary/aromatic N) is 1. The van der Waals surface area contributed by atoms with Crippen molar-refractivity contribution < 1.29 is 12.9 Å². The smallest absolute Gasteiger partial charge is 0.240 e. The second kappa shape index (κ2) is 5.50. The molecule has 0 spiro atoms. The van der Waals surface area contributed by atoms with E-state index in [4.69, 9.17) is 10.3 Å². The fourth-order valence-corrected chi connectivity index (χ4v) is 3.13. The molecule has 0 amide bonds. The zero-order valence-corrected chi connectivity index (χ0v) is 13.3. The van der Waals surface area contributed by atoms with Gasteiger partial charge in [0.05, 0.1) is 10.6 Å². The van der Waals surface area contributed by atoms with Crippen LogP contribution < -0.4 is 10.5 Å². The lowest BCUT2D eigenvalue weighted by molar-refractivity contribution is 0.392. The molecule has 0 aliphatic rings. The lowest BCUT2D eigenvalue weighted by Gasteiger charge is -2.10. The number of nitrogen functional groups attached to an aromatic ring is 1. The van der Waals surface area contributed by atoms with Gasteiger partial charge in [0.15, 0.2) is 0 Å². The van der Waals surface area contributed by atoms with Crippen LogP contribution in [-0.4, -0.2) is 13.6 Å². The number of nitrogens with one attached hydrogen (secondary N) is 1. The van der Waals surface area contributed by atoms with Gasteiger partial charge >= 0.3 is 0 Å². The lowest BCUT2D eigenvalue weighted by Crippen LogP contribution is -2.24. The van der Waals surface area contributed by atoms with Crippen molar-refractivity contribution in [3.63, 3.8) is 0 Å². The summed E-state index contributed by atoms with van der Waals surface area (Å²) in [6.07, 6.45) is 0. The monoisotopic (exact) mass is 309 g/mol. The highest BCUT2D eigenvalue weighted by molar-refractivity contribution is 7.89. The molecule has 3 N–H and O–H groups in total. The van der Waals surface area contributed by atoms with E-state index in [1.54, 1.807) is 19.9 Å². The van der Waals surface area contributed by atoms with Gasteiger partial charge in [-0.15, -0.1) is 0 Å². The average molecular weight is 309 g/mol. The second-order valence-corrected chi connectivity index (χ2v) is 6.85. The third kappa shape index (κ3) is 3.08. The molecule has 0 saturated carbocycles. The van der Waals surface area contributed by atoms with Crippen molar-refractivity contribution in [2.75, 3.05) is 5.73 Å². The highest BCUT2D eigenvalue weighted by Crippen LogP contribution is 2.22. The number of nitrogens with two attached hydrogens (primary N) is 1. The predicted molar refractivity (Wildman–Crippen MR) is 80.3 cm³/mol. The summed E-state index contributed by atoms with van der Waals surface area (Å²) >= 11 is 0. The Hall–Kier alpha value is -1.86. The lowest BCUT2D eigenvalue weighted by atomic mass is 10.1. The summed E-state index contributed by atoms with van der Waals surface area (Å²) in [6, 6.07) is 3.08. The normalized spacial score (nSPS) is 11.8. The van der Waals surface area contributed by atoms with Gasteiger partial charge in [-0.05, 0) is 51.0 Å². The molecule has 0 atom stereocenters. The number of aryl methyl sites for hydroxylation is 3. The largest absolute Gasteiger partial charge is 0.398 e. The first kappa shape index (κ1) is 15.5. The molecule has 0 radical (unpaired) electrons. The molecule has 0 fully saturated rings. The first-order valence-electron chi connectivity index (χ1n) is 6.50. The minimum absolute atomic E-state index is 0.135. The summed E-state index contributed by atoms with van der Waals surface area (Å²) in [6.45, 7) is 7.35. The van der Waals surface area contributed by atoms with Crippen molar-refractivity contribution in [1.29, 1.82) is 0 Å². The van der Waals surface area contributed by atoms with Crippen LogP contribution in [0.5, 0.6) is 0 Å². The van der Waals surface area contributed by atoms with Crippen molar-refractivity contribution in [3.8, 4) is 0 Å². The van der Waals surface area contributed by atoms with Gasteiger partial charge in [-0.2, -0.15) is 0 Å². The minimum Gasteiger partial charge on any atom is -0.398 e. The quantitative estimate of drug-likeness (QED) is 0.841. The molecule has 6 nitrogen and oxygen atoms in total. The number of hydrogen-bond donors (Lipinski definition) is 2. The number of aromatic nitrogens is 1. The van der Waals surface area contributed by atoms with E-state index in [0.717, 1.165) is 16.7 Å². The molecule has 0 saturated heterocycles. The Labute approximate surface area is 124 Å². The van der Waals surface area contributed by atoms with Crippen LogP contribution in [-0.2, 0) is 16.6 Å². The zero-order chi connectivity index (χ0) is 15.8. The maximum atomic E-state index is 12.3. The molecule has 2 rings (SSSR count). The van der Waals surface area contributed by atoms with Gasteiger partial charge in [0.2, 0.25) is 10.0 Å². The van der Waals surface area contributed by atoms with E-state index in [9.17, 15) is 8.42 Å². The van der Waals surface area contributed by atoms with Crippen LogP contribution in [0.3, 0.4) is 0 Å². The summed E-state index contributed by atoms with van der Waals surface area (Å²) in [5.74, 6) is 0.606.